The van der Waals surface area contributed by atoms with E-state index in [0.717, 1.165) is 5.56 Å². The summed E-state index contributed by atoms with van der Waals surface area (Å²) in [6.45, 7) is 0.455. The van der Waals surface area contributed by atoms with Crippen LogP contribution in [-0.2, 0) is 6.54 Å². The number of rotatable bonds is 3. The second-order valence-electron chi connectivity index (χ2n) is 4.03. The van der Waals surface area contributed by atoms with Gasteiger partial charge < -0.3 is 10.6 Å². The molecule has 0 aliphatic carbocycles. The van der Waals surface area contributed by atoms with E-state index < -0.39 is 5.82 Å². The van der Waals surface area contributed by atoms with Crippen molar-refractivity contribution in [2.24, 2.45) is 0 Å². The third-order valence-corrected chi connectivity index (χ3v) is 3.30. The minimum atomic E-state index is -0.550. The first-order chi connectivity index (χ1) is 8.58. The van der Waals surface area contributed by atoms with Gasteiger partial charge in [0, 0.05) is 19.3 Å². The third kappa shape index (κ3) is 2.68. The molecule has 2 N–H and O–H groups in total. The van der Waals surface area contributed by atoms with Gasteiger partial charge >= 0.3 is 0 Å². The van der Waals surface area contributed by atoms with Crippen molar-refractivity contribution in [3.63, 3.8) is 0 Å². The number of carbonyl (C=O) groups is 1. The van der Waals surface area contributed by atoms with Crippen molar-refractivity contribution in [2.45, 2.75) is 6.54 Å². The van der Waals surface area contributed by atoms with Crippen molar-refractivity contribution >= 4 is 22.9 Å². The van der Waals surface area contributed by atoms with Gasteiger partial charge in [0.15, 0.2) is 0 Å². The zero-order valence-electron chi connectivity index (χ0n) is 9.89. The lowest BCUT2D eigenvalue weighted by Crippen LogP contribution is -2.26. The van der Waals surface area contributed by atoms with Crippen LogP contribution in [0.25, 0.3) is 0 Å². The third-order valence-electron chi connectivity index (χ3n) is 2.57. The lowest BCUT2D eigenvalue weighted by atomic mass is 10.1. The highest BCUT2D eigenvalue weighted by molar-refractivity contribution is 7.07. The summed E-state index contributed by atoms with van der Waals surface area (Å²) in [6, 6.07) is 5.94. The molecule has 0 bridgehead atoms. The van der Waals surface area contributed by atoms with E-state index in [1.165, 1.54) is 23.1 Å². The Morgan fingerprint density at radius 2 is 2.22 bits per heavy atom. The van der Waals surface area contributed by atoms with Crippen LogP contribution in [0.15, 0.2) is 35.0 Å². The monoisotopic (exact) mass is 264 g/mol. The van der Waals surface area contributed by atoms with Crippen molar-refractivity contribution in [2.75, 3.05) is 12.8 Å². The molecule has 0 fully saturated rings. The molecule has 0 saturated carbocycles. The molecule has 5 heteroatoms. The van der Waals surface area contributed by atoms with E-state index in [4.69, 9.17) is 5.73 Å². The SMILES string of the molecule is CN(Cc1ccsc1)C(=O)c1cc(N)ccc1F. The number of hydrogen-bond acceptors (Lipinski definition) is 3. The molecular formula is C13H13FN2OS. The van der Waals surface area contributed by atoms with Crippen LogP contribution >= 0.6 is 11.3 Å². The quantitative estimate of drug-likeness (QED) is 0.866. The maximum atomic E-state index is 13.6. The van der Waals surface area contributed by atoms with Gasteiger partial charge in [-0.2, -0.15) is 11.3 Å². The molecule has 1 heterocycles. The molecule has 0 aliphatic heterocycles. The van der Waals surface area contributed by atoms with Gasteiger partial charge in [0.1, 0.15) is 5.82 Å². The fraction of sp³-hybridized carbons (Fsp3) is 0.154. The molecule has 0 unspecified atom stereocenters. The number of benzene rings is 1. The number of nitrogen functional groups attached to an aromatic ring is 1. The lowest BCUT2D eigenvalue weighted by molar-refractivity contribution is 0.0780. The van der Waals surface area contributed by atoms with Crippen LogP contribution in [0.2, 0.25) is 0 Å². The summed E-state index contributed by atoms with van der Waals surface area (Å²) in [4.78, 5) is 13.5. The number of hydrogen-bond donors (Lipinski definition) is 1. The maximum Gasteiger partial charge on any atom is 0.256 e. The first-order valence-corrected chi connectivity index (χ1v) is 6.34. The van der Waals surface area contributed by atoms with Crippen molar-refractivity contribution in [3.8, 4) is 0 Å². The van der Waals surface area contributed by atoms with Crippen LogP contribution in [-0.4, -0.2) is 17.9 Å². The zero-order chi connectivity index (χ0) is 13.1. The van der Waals surface area contributed by atoms with Gasteiger partial charge in [-0.1, -0.05) is 0 Å². The average molecular weight is 264 g/mol. The lowest BCUT2D eigenvalue weighted by Gasteiger charge is -2.17. The average Bonchev–Trinajstić information content (AvgIpc) is 2.84. The molecule has 1 aromatic carbocycles. The summed E-state index contributed by atoms with van der Waals surface area (Å²) in [6.07, 6.45) is 0. The normalized spacial score (nSPS) is 10.3. The molecule has 0 atom stereocenters. The van der Waals surface area contributed by atoms with E-state index in [0.29, 0.717) is 12.2 Å². The second-order valence-corrected chi connectivity index (χ2v) is 4.81. The van der Waals surface area contributed by atoms with Gasteiger partial charge in [-0.15, -0.1) is 0 Å². The van der Waals surface area contributed by atoms with Gasteiger partial charge in [-0.3, -0.25) is 4.79 Å². The smallest absolute Gasteiger partial charge is 0.256 e. The highest BCUT2D eigenvalue weighted by Crippen LogP contribution is 2.16. The Bertz CT molecular complexity index is 554. The predicted molar refractivity (Wildman–Crippen MR) is 70.9 cm³/mol. The highest BCUT2D eigenvalue weighted by Gasteiger charge is 2.16. The summed E-state index contributed by atoms with van der Waals surface area (Å²) in [5, 5.41) is 3.90. The molecule has 0 saturated heterocycles. The Balaban J connectivity index is 2.17. The fourth-order valence-corrected chi connectivity index (χ4v) is 2.30. The standard InChI is InChI=1S/C13H13FN2OS/c1-16(7-9-4-5-18-8-9)13(17)11-6-10(15)2-3-12(11)14/h2-6,8H,7,15H2,1H3. The molecule has 2 rings (SSSR count). The second kappa shape index (κ2) is 5.18. The summed E-state index contributed by atoms with van der Waals surface area (Å²) in [7, 11) is 1.64. The summed E-state index contributed by atoms with van der Waals surface area (Å²) in [5.41, 5.74) is 6.98. The molecule has 18 heavy (non-hydrogen) atoms. The van der Waals surface area contributed by atoms with Gasteiger partial charge in [0.2, 0.25) is 0 Å². The van der Waals surface area contributed by atoms with Crippen molar-refractivity contribution in [1.82, 2.24) is 4.90 Å². The molecule has 1 amide bonds. The largest absolute Gasteiger partial charge is 0.399 e. The Morgan fingerprint density at radius 1 is 1.44 bits per heavy atom. The van der Waals surface area contributed by atoms with Crippen molar-refractivity contribution in [1.29, 1.82) is 0 Å². The van der Waals surface area contributed by atoms with Crippen LogP contribution in [0.3, 0.4) is 0 Å². The highest BCUT2D eigenvalue weighted by atomic mass is 32.1. The first kappa shape index (κ1) is 12.6. The van der Waals surface area contributed by atoms with Crippen LogP contribution in [0, 0.1) is 5.82 Å². The van der Waals surface area contributed by atoms with Crippen molar-refractivity contribution < 1.29 is 9.18 Å². The molecule has 0 aliphatic rings. The van der Waals surface area contributed by atoms with Crippen LogP contribution in [0.5, 0.6) is 0 Å². The Hall–Kier alpha value is -1.88. The molecule has 0 spiro atoms. The molecular weight excluding hydrogens is 251 g/mol. The summed E-state index contributed by atoms with van der Waals surface area (Å²) < 4.78 is 13.6. The van der Waals surface area contributed by atoms with Gasteiger partial charge in [-0.05, 0) is 40.6 Å². The number of amides is 1. The van der Waals surface area contributed by atoms with E-state index in [-0.39, 0.29) is 11.5 Å². The number of nitrogens with two attached hydrogens (primary N) is 1. The molecule has 3 nitrogen and oxygen atoms in total. The molecule has 0 radical (unpaired) electrons. The maximum absolute atomic E-state index is 13.6. The van der Waals surface area contributed by atoms with Gasteiger partial charge in [-0.25, -0.2) is 4.39 Å². The van der Waals surface area contributed by atoms with Gasteiger partial charge in [0.25, 0.3) is 5.91 Å². The zero-order valence-corrected chi connectivity index (χ0v) is 10.7. The van der Waals surface area contributed by atoms with E-state index in [9.17, 15) is 9.18 Å². The number of nitrogens with zero attached hydrogens (tertiary/aromatic N) is 1. The Labute approximate surface area is 109 Å². The number of thiophene rings is 1. The summed E-state index contributed by atoms with van der Waals surface area (Å²) >= 11 is 1.56. The minimum absolute atomic E-state index is 0.00716. The van der Waals surface area contributed by atoms with E-state index >= 15 is 0 Å². The van der Waals surface area contributed by atoms with Crippen molar-refractivity contribution in [3.05, 3.63) is 52.0 Å². The first-order valence-electron chi connectivity index (χ1n) is 5.39. The molecule has 1 aromatic heterocycles. The minimum Gasteiger partial charge on any atom is -0.399 e. The van der Waals surface area contributed by atoms with E-state index in [2.05, 4.69) is 0 Å². The van der Waals surface area contributed by atoms with Gasteiger partial charge in [0.05, 0.1) is 5.56 Å². The van der Waals surface area contributed by atoms with Crippen LogP contribution in [0.4, 0.5) is 10.1 Å². The Kier molecular flexibility index (Phi) is 3.62. The molecule has 2 aromatic rings. The molecule has 94 valence electrons. The predicted octanol–water partition coefficient (Wildman–Crippen LogP) is 2.74. The topological polar surface area (TPSA) is 46.3 Å². The Morgan fingerprint density at radius 3 is 2.89 bits per heavy atom. The number of anilines is 1. The number of carbonyl (C=O) groups excluding carboxylic acids is 1. The summed E-state index contributed by atoms with van der Waals surface area (Å²) in [5.74, 6) is -0.919. The van der Waals surface area contributed by atoms with E-state index in [1.807, 2.05) is 16.8 Å². The fourth-order valence-electron chi connectivity index (χ4n) is 1.64. The number of halogens is 1. The van der Waals surface area contributed by atoms with E-state index in [1.54, 1.807) is 18.4 Å². The van der Waals surface area contributed by atoms with Crippen LogP contribution < -0.4 is 5.73 Å². The van der Waals surface area contributed by atoms with Crippen LogP contribution in [0.1, 0.15) is 15.9 Å².